The Hall–Kier alpha value is -1.75. The molecule has 3 aliphatic carbocycles. The third-order valence-corrected chi connectivity index (χ3v) is 9.76. The molecule has 3 fully saturated rings. The molecule has 1 aromatic heterocycles. The SMILES string of the molecule is CCCC(C)(O)C[C@@H]1CC[C@@H]2[C@H](CC[C@]3(C)[C@@H](C(=O)Cn4nnc5ccccc54)CC[C@@H]23)C1. The van der Waals surface area contributed by atoms with Gasteiger partial charge < -0.3 is 5.11 Å². The molecular formula is C28H41N3O2. The smallest absolute Gasteiger partial charge is 0.157 e. The van der Waals surface area contributed by atoms with Gasteiger partial charge in [0.25, 0.3) is 0 Å². The second kappa shape index (κ2) is 8.79. The highest BCUT2D eigenvalue weighted by Crippen LogP contribution is 2.62. The first kappa shape index (κ1) is 23.0. The van der Waals surface area contributed by atoms with Crippen molar-refractivity contribution in [3.05, 3.63) is 24.3 Å². The largest absolute Gasteiger partial charge is 0.390 e. The van der Waals surface area contributed by atoms with Crippen LogP contribution < -0.4 is 0 Å². The van der Waals surface area contributed by atoms with Crippen molar-refractivity contribution in [3.8, 4) is 0 Å². The molecule has 7 atom stereocenters. The molecule has 3 saturated carbocycles. The Bertz CT molecular complexity index is 998. The number of ketones is 1. The number of aliphatic hydroxyl groups is 1. The molecule has 1 heterocycles. The molecule has 0 saturated heterocycles. The molecule has 0 radical (unpaired) electrons. The highest BCUT2D eigenvalue weighted by atomic mass is 16.3. The summed E-state index contributed by atoms with van der Waals surface area (Å²) in [6.07, 6.45) is 11.4. The Balaban J connectivity index is 1.25. The molecule has 0 aliphatic heterocycles. The molecule has 3 aliphatic rings. The number of fused-ring (bicyclic) bond motifs is 4. The van der Waals surface area contributed by atoms with E-state index in [1.165, 1.54) is 38.5 Å². The van der Waals surface area contributed by atoms with Gasteiger partial charge in [-0.05, 0) is 99.5 Å². The van der Waals surface area contributed by atoms with Gasteiger partial charge in [0.1, 0.15) is 12.1 Å². The molecule has 1 aromatic carbocycles. The van der Waals surface area contributed by atoms with Gasteiger partial charge in [-0.2, -0.15) is 0 Å². The van der Waals surface area contributed by atoms with Crippen LogP contribution in [-0.2, 0) is 11.3 Å². The van der Waals surface area contributed by atoms with Gasteiger partial charge in [-0.3, -0.25) is 4.79 Å². The van der Waals surface area contributed by atoms with E-state index in [1.54, 1.807) is 4.68 Å². The lowest BCUT2D eigenvalue weighted by atomic mass is 9.53. The molecule has 1 unspecified atom stereocenters. The fourth-order valence-corrected chi connectivity index (χ4v) is 8.34. The van der Waals surface area contributed by atoms with Crippen LogP contribution in [0.5, 0.6) is 0 Å². The topological polar surface area (TPSA) is 68.0 Å². The number of rotatable bonds is 7. The molecule has 0 amide bonds. The zero-order chi connectivity index (χ0) is 23.2. The highest BCUT2D eigenvalue weighted by Gasteiger charge is 2.56. The number of para-hydroxylation sites is 1. The summed E-state index contributed by atoms with van der Waals surface area (Å²) in [5.41, 5.74) is 1.43. The molecule has 1 N–H and O–H groups in total. The summed E-state index contributed by atoms with van der Waals surface area (Å²) >= 11 is 0. The van der Waals surface area contributed by atoms with E-state index in [0.717, 1.165) is 48.6 Å². The average Bonchev–Trinajstić information content (AvgIpc) is 3.34. The van der Waals surface area contributed by atoms with Crippen molar-refractivity contribution in [2.75, 3.05) is 0 Å². The molecule has 180 valence electrons. The Kier molecular flexibility index (Phi) is 6.13. The van der Waals surface area contributed by atoms with E-state index in [1.807, 2.05) is 31.2 Å². The van der Waals surface area contributed by atoms with Gasteiger partial charge in [0, 0.05) is 5.92 Å². The Labute approximate surface area is 198 Å². The van der Waals surface area contributed by atoms with Crippen LogP contribution in [0.3, 0.4) is 0 Å². The number of nitrogens with zero attached hydrogens (tertiary/aromatic N) is 3. The first-order valence-corrected chi connectivity index (χ1v) is 13.3. The van der Waals surface area contributed by atoms with Gasteiger partial charge in [0.15, 0.2) is 5.78 Å². The Morgan fingerprint density at radius 1 is 1.21 bits per heavy atom. The number of hydrogen-bond acceptors (Lipinski definition) is 4. The molecular weight excluding hydrogens is 410 g/mol. The standard InChI is InChI=1S/C28H41N3O2/c1-4-14-27(2,33)17-19-9-10-21-20(16-19)13-15-28(3)22(21)11-12-23(28)26(32)18-31-25-8-6-5-7-24(25)29-30-31/h5-8,19-23,33H,4,9-18H2,1-3H3/t19-,20-,21-,22+,23-,27?,28+/m1/s1. The summed E-state index contributed by atoms with van der Waals surface area (Å²) in [6.45, 7) is 6.96. The van der Waals surface area contributed by atoms with Crippen LogP contribution in [0.25, 0.3) is 11.0 Å². The molecule has 5 nitrogen and oxygen atoms in total. The monoisotopic (exact) mass is 451 g/mol. The fourth-order valence-electron chi connectivity index (χ4n) is 8.34. The zero-order valence-corrected chi connectivity index (χ0v) is 20.7. The van der Waals surface area contributed by atoms with Crippen molar-refractivity contribution in [2.24, 2.45) is 35.0 Å². The molecule has 0 spiro atoms. The van der Waals surface area contributed by atoms with Gasteiger partial charge >= 0.3 is 0 Å². The third kappa shape index (κ3) is 4.26. The van der Waals surface area contributed by atoms with Crippen molar-refractivity contribution in [3.63, 3.8) is 0 Å². The summed E-state index contributed by atoms with van der Waals surface area (Å²) in [5.74, 6) is 3.38. The molecule has 0 bridgehead atoms. The minimum absolute atomic E-state index is 0.134. The number of benzene rings is 1. The lowest BCUT2D eigenvalue weighted by Gasteiger charge is -2.52. The number of Topliss-reactive ketones (excluding diaryl/α,β-unsaturated/α-hetero) is 1. The summed E-state index contributed by atoms with van der Waals surface area (Å²) < 4.78 is 1.80. The van der Waals surface area contributed by atoms with Gasteiger partial charge in [-0.15, -0.1) is 5.10 Å². The quantitative estimate of drug-likeness (QED) is 0.578. The molecule has 5 heteroatoms. The van der Waals surface area contributed by atoms with Crippen LogP contribution in [0.4, 0.5) is 0 Å². The van der Waals surface area contributed by atoms with E-state index in [-0.39, 0.29) is 11.3 Å². The van der Waals surface area contributed by atoms with Crippen molar-refractivity contribution in [1.82, 2.24) is 15.0 Å². The zero-order valence-electron chi connectivity index (χ0n) is 20.7. The summed E-state index contributed by atoms with van der Waals surface area (Å²) in [5, 5.41) is 19.3. The third-order valence-electron chi connectivity index (χ3n) is 9.76. The fraction of sp³-hybridized carbons (Fsp3) is 0.750. The molecule has 2 aromatic rings. The van der Waals surface area contributed by atoms with Crippen molar-refractivity contribution >= 4 is 16.8 Å². The van der Waals surface area contributed by atoms with Crippen LogP contribution in [0.2, 0.25) is 0 Å². The van der Waals surface area contributed by atoms with Crippen LogP contribution in [0, 0.1) is 35.0 Å². The van der Waals surface area contributed by atoms with Gasteiger partial charge in [-0.25, -0.2) is 4.68 Å². The van der Waals surface area contributed by atoms with E-state index in [9.17, 15) is 9.90 Å². The predicted octanol–water partition coefficient (Wildman–Crippen LogP) is 5.80. The maximum atomic E-state index is 13.5. The van der Waals surface area contributed by atoms with E-state index in [0.29, 0.717) is 24.2 Å². The van der Waals surface area contributed by atoms with Gasteiger partial charge in [-0.1, -0.05) is 44.0 Å². The molecule has 5 rings (SSSR count). The summed E-state index contributed by atoms with van der Waals surface area (Å²) in [7, 11) is 0. The van der Waals surface area contributed by atoms with E-state index < -0.39 is 5.60 Å². The average molecular weight is 452 g/mol. The van der Waals surface area contributed by atoms with Gasteiger partial charge in [0.2, 0.25) is 0 Å². The van der Waals surface area contributed by atoms with Crippen LogP contribution in [0.15, 0.2) is 24.3 Å². The number of hydrogen-bond donors (Lipinski definition) is 1. The van der Waals surface area contributed by atoms with Crippen molar-refractivity contribution in [2.45, 2.75) is 97.1 Å². The van der Waals surface area contributed by atoms with E-state index in [4.69, 9.17) is 0 Å². The second-order valence-electron chi connectivity index (χ2n) is 12.0. The minimum Gasteiger partial charge on any atom is -0.390 e. The second-order valence-corrected chi connectivity index (χ2v) is 12.0. The van der Waals surface area contributed by atoms with Crippen LogP contribution >= 0.6 is 0 Å². The lowest BCUT2D eigenvalue weighted by molar-refractivity contribution is -0.130. The van der Waals surface area contributed by atoms with Crippen molar-refractivity contribution in [1.29, 1.82) is 0 Å². The Morgan fingerprint density at radius 3 is 2.85 bits per heavy atom. The minimum atomic E-state index is -0.508. The van der Waals surface area contributed by atoms with Crippen molar-refractivity contribution < 1.29 is 9.90 Å². The molecule has 33 heavy (non-hydrogen) atoms. The lowest BCUT2D eigenvalue weighted by Crippen LogP contribution is -2.46. The number of carbonyl (C=O) groups is 1. The van der Waals surface area contributed by atoms with Crippen LogP contribution in [0.1, 0.15) is 85.0 Å². The maximum Gasteiger partial charge on any atom is 0.157 e. The maximum absolute atomic E-state index is 13.5. The summed E-state index contributed by atoms with van der Waals surface area (Å²) in [4.78, 5) is 13.5. The van der Waals surface area contributed by atoms with Crippen LogP contribution in [-0.4, -0.2) is 31.5 Å². The van der Waals surface area contributed by atoms with E-state index in [2.05, 4.69) is 24.2 Å². The van der Waals surface area contributed by atoms with E-state index >= 15 is 0 Å². The normalized spacial score (nSPS) is 35.7. The Morgan fingerprint density at radius 2 is 2.03 bits per heavy atom. The first-order valence-electron chi connectivity index (χ1n) is 13.3. The number of carbonyl (C=O) groups excluding carboxylic acids is 1. The van der Waals surface area contributed by atoms with Gasteiger partial charge in [0.05, 0.1) is 11.1 Å². The highest BCUT2D eigenvalue weighted by molar-refractivity contribution is 5.84. The number of aromatic nitrogens is 3. The first-order chi connectivity index (χ1) is 15.8. The predicted molar refractivity (Wildman–Crippen MR) is 131 cm³/mol. The summed E-state index contributed by atoms with van der Waals surface area (Å²) in [6, 6.07) is 7.90.